The summed E-state index contributed by atoms with van der Waals surface area (Å²) in [7, 11) is 0. The van der Waals surface area contributed by atoms with E-state index in [1.54, 1.807) is 30.3 Å². The molecule has 1 saturated heterocycles. The number of benzene rings is 1. The fraction of sp³-hybridized carbons (Fsp3) is 0. The summed E-state index contributed by atoms with van der Waals surface area (Å²) in [5.74, 6) is -0.0513. The molecule has 0 aliphatic carbocycles. The van der Waals surface area contributed by atoms with Gasteiger partial charge in [-0.05, 0) is 36.0 Å². The molecular weight excluding hydrogens is 212 g/mol. The average Bonchev–Trinajstić information content (AvgIpc) is 2.49. The van der Waals surface area contributed by atoms with Gasteiger partial charge in [-0.15, -0.1) is 0 Å². The zero-order valence-electron chi connectivity index (χ0n) is 7.65. The zero-order valence-corrected chi connectivity index (χ0v) is 8.47. The second-order valence-corrected chi connectivity index (χ2v) is 3.47. The summed E-state index contributed by atoms with van der Waals surface area (Å²) in [4.78, 5) is 11.3. The number of phenols is 1. The molecule has 0 spiro atoms. The van der Waals surface area contributed by atoms with E-state index in [9.17, 15) is 4.79 Å². The standard InChI is InChI=1S/C10H8N2O2S/c13-7-3-1-6(2-4-7)5-8-9(14)12-10(15)11-8/h1-5,13H,(H2,11,12,14,15)/b8-5+. The molecule has 5 heteroatoms. The first-order valence-electron chi connectivity index (χ1n) is 4.28. The summed E-state index contributed by atoms with van der Waals surface area (Å²) in [6.07, 6.45) is 1.66. The molecule has 1 aromatic carbocycles. The van der Waals surface area contributed by atoms with Crippen LogP contribution < -0.4 is 10.6 Å². The topological polar surface area (TPSA) is 61.4 Å². The predicted octanol–water partition coefficient (Wildman–Crippen LogP) is 0.737. The zero-order chi connectivity index (χ0) is 10.8. The molecule has 0 atom stereocenters. The Morgan fingerprint density at radius 1 is 1.20 bits per heavy atom. The number of amides is 1. The molecule has 0 aromatic heterocycles. The predicted molar refractivity (Wildman–Crippen MR) is 60.0 cm³/mol. The van der Waals surface area contributed by atoms with E-state index in [1.807, 2.05) is 0 Å². The summed E-state index contributed by atoms with van der Waals surface area (Å²) in [6.45, 7) is 0. The minimum atomic E-state index is -0.243. The van der Waals surface area contributed by atoms with Crippen molar-refractivity contribution in [2.75, 3.05) is 0 Å². The van der Waals surface area contributed by atoms with Crippen molar-refractivity contribution < 1.29 is 9.90 Å². The number of phenolic OH excluding ortho intramolecular Hbond substituents is 1. The van der Waals surface area contributed by atoms with E-state index in [0.717, 1.165) is 5.56 Å². The average molecular weight is 220 g/mol. The molecule has 3 N–H and O–H groups in total. The Balaban J connectivity index is 2.27. The van der Waals surface area contributed by atoms with Crippen molar-refractivity contribution in [2.45, 2.75) is 0 Å². The Morgan fingerprint density at radius 2 is 1.87 bits per heavy atom. The van der Waals surface area contributed by atoms with E-state index < -0.39 is 0 Å². The van der Waals surface area contributed by atoms with Gasteiger partial charge in [0, 0.05) is 0 Å². The second kappa shape index (κ2) is 3.70. The Labute approximate surface area is 91.6 Å². The Bertz CT molecular complexity index is 451. The van der Waals surface area contributed by atoms with Crippen molar-refractivity contribution in [1.29, 1.82) is 0 Å². The van der Waals surface area contributed by atoms with Crippen molar-refractivity contribution in [2.24, 2.45) is 0 Å². The molecule has 0 saturated carbocycles. The molecule has 1 heterocycles. The Kier molecular flexibility index (Phi) is 2.39. The van der Waals surface area contributed by atoms with Crippen LogP contribution in [0.4, 0.5) is 0 Å². The number of nitrogens with one attached hydrogen (secondary N) is 2. The molecule has 1 amide bonds. The van der Waals surface area contributed by atoms with Gasteiger partial charge in [0.2, 0.25) is 0 Å². The Hall–Kier alpha value is -1.88. The quantitative estimate of drug-likeness (QED) is 0.482. The van der Waals surface area contributed by atoms with Gasteiger partial charge >= 0.3 is 0 Å². The van der Waals surface area contributed by atoms with Gasteiger partial charge in [0.15, 0.2) is 5.11 Å². The molecule has 1 fully saturated rings. The van der Waals surface area contributed by atoms with Gasteiger partial charge in [-0.3, -0.25) is 10.1 Å². The highest BCUT2D eigenvalue weighted by atomic mass is 32.1. The summed E-state index contributed by atoms with van der Waals surface area (Å²) in [5, 5.41) is 14.6. The number of hydrogen-bond acceptors (Lipinski definition) is 3. The van der Waals surface area contributed by atoms with Crippen LogP contribution in [-0.4, -0.2) is 16.1 Å². The van der Waals surface area contributed by atoms with Crippen molar-refractivity contribution in [3.8, 4) is 5.75 Å². The van der Waals surface area contributed by atoms with Crippen molar-refractivity contribution in [3.63, 3.8) is 0 Å². The third-order valence-corrected chi connectivity index (χ3v) is 2.13. The van der Waals surface area contributed by atoms with Gasteiger partial charge < -0.3 is 10.4 Å². The number of hydrogen-bond donors (Lipinski definition) is 3. The largest absolute Gasteiger partial charge is 0.508 e. The number of carbonyl (C=O) groups excluding carboxylic acids is 1. The number of aromatic hydroxyl groups is 1. The number of carbonyl (C=O) groups is 1. The molecule has 0 radical (unpaired) electrons. The van der Waals surface area contributed by atoms with Crippen LogP contribution in [0.3, 0.4) is 0 Å². The van der Waals surface area contributed by atoms with E-state index in [-0.39, 0.29) is 11.7 Å². The molecule has 0 bridgehead atoms. The third-order valence-electron chi connectivity index (χ3n) is 1.92. The van der Waals surface area contributed by atoms with Crippen LogP contribution >= 0.6 is 12.2 Å². The highest BCUT2D eigenvalue weighted by molar-refractivity contribution is 7.80. The van der Waals surface area contributed by atoms with Crippen LogP contribution in [0.15, 0.2) is 30.0 Å². The van der Waals surface area contributed by atoms with E-state index in [0.29, 0.717) is 10.8 Å². The Morgan fingerprint density at radius 3 is 2.40 bits per heavy atom. The van der Waals surface area contributed by atoms with Gasteiger partial charge in [0.05, 0.1) is 0 Å². The van der Waals surface area contributed by atoms with E-state index >= 15 is 0 Å². The molecule has 0 unspecified atom stereocenters. The highest BCUT2D eigenvalue weighted by Crippen LogP contribution is 2.13. The lowest BCUT2D eigenvalue weighted by molar-refractivity contribution is -0.115. The molecule has 1 aliphatic rings. The third kappa shape index (κ3) is 2.13. The van der Waals surface area contributed by atoms with Crippen LogP contribution in [0, 0.1) is 0 Å². The second-order valence-electron chi connectivity index (χ2n) is 3.06. The van der Waals surface area contributed by atoms with Crippen LogP contribution in [0.2, 0.25) is 0 Å². The van der Waals surface area contributed by atoms with Crippen LogP contribution in [0.5, 0.6) is 5.75 Å². The first-order valence-corrected chi connectivity index (χ1v) is 4.69. The minimum Gasteiger partial charge on any atom is -0.508 e. The lowest BCUT2D eigenvalue weighted by atomic mass is 10.2. The smallest absolute Gasteiger partial charge is 0.273 e. The van der Waals surface area contributed by atoms with Crippen LogP contribution in [0.25, 0.3) is 6.08 Å². The number of rotatable bonds is 1. The van der Waals surface area contributed by atoms with Crippen LogP contribution in [0.1, 0.15) is 5.56 Å². The first kappa shape index (κ1) is 9.67. The molecule has 1 aromatic rings. The summed E-state index contributed by atoms with van der Waals surface area (Å²) < 4.78 is 0. The molecule has 4 nitrogen and oxygen atoms in total. The van der Waals surface area contributed by atoms with Gasteiger partial charge in [-0.25, -0.2) is 0 Å². The molecule has 2 rings (SSSR count). The maximum atomic E-state index is 11.3. The summed E-state index contributed by atoms with van der Waals surface area (Å²) in [5.41, 5.74) is 1.22. The van der Waals surface area contributed by atoms with Gasteiger partial charge in [-0.2, -0.15) is 0 Å². The van der Waals surface area contributed by atoms with Crippen LogP contribution in [-0.2, 0) is 4.79 Å². The fourth-order valence-corrected chi connectivity index (χ4v) is 1.42. The molecule has 1 aliphatic heterocycles. The van der Waals surface area contributed by atoms with Crippen molar-refractivity contribution in [1.82, 2.24) is 10.6 Å². The van der Waals surface area contributed by atoms with E-state index in [1.165, 1.54) is 0 Å². The summed E-state index contributed by atoms with van der Waals surface area (Å²) >= 11 is 4.79. The minimum absolute atomic E-state index is 0.191. The fourth-order valence-electron chi connectivity index (χ4n) is 1.22. The highest BCUT2D eigenvalue weighted by Gasteiger charge is 2.19. The van der Waals surface area contributed by atoms with Gasteiger partial charge in [0.25, 0.3) is 5.91 Å². The van der Waals surface area contributed by atoms with Crippen molar-refractivity contribution >= 4 is 29.3 Å². The first-order chi connectivity index (χ1) is 7.15. The maximum Gasteiger partial charge on any atom is 0.273 e. The monoisotopic (exact) mass is 220 g/mol. The molecular formula is C10H8N2O2S. The lowest BCUT2D eigenvalue weighted by Crippen LogP contribution is -2.21. The maximum absolute atomic E-state index is 11.3. The van der Waals surface area contributed by atoms with E-state index in [2.05, 4.69) is 10.6 Å². The SMILES string of the molecule is O=C1NC(=S)N/C1=C/c1ccc(O)cc1. The van der Waals surface area contributed by atoms with E-state index in [4.69, 9.17) is 17.3 Å². The number of thiocarbonyl (C=S) groups is 1. The van der Waals surface area contributed by atoms with Gasteiger partial charge in [0.1, 0.15) is 11.4 Å². The summed E-state index contributed by atoms with van der Waals surface area (Å²) in [6, 6.07) is 6.52. The normalized spacial score (nSPS) is 17.7. The molecule has 15 heavy (non-hydrogen) atoms. The lowest BCUT2D eigenvalue weighted by Gasteiger charge is -1.96. The van der Waals surface area contributed by atoms with Crippen molar-refractivity contribution in [3.05, 3.63) is 35.5 Å². The molecule has 76 valence electrons. The van der Waals surface area contributed by atoms with Gasteiger partial charge in [-0.1, -0.05) is 12.1 Å².